The van der Waals surface area contributed by atoms with E-state index in [1.54, 1.807) is 24.3 Å². The van der Waals surface area contributed by atoms with Crippen molar-refractivity contribution in [3.05, 3.63) is 89.3 Å². The first kappa shape index (κ1) is 22.2. The fraction of sp³-hybridized carbons (Fsp3) is 0.0800. The van der Waals surface area contributed by atoms with E-state index < -0.39 is 0 Å². The number of rotatable bonds is 7. The third kappa shape index (κ3) is 5.62. The Kier molecular flexibility index (Phi) is 6.77. The number of aromatic nitrogens is 1. The zero-order valence-electron chi connectivity index (χ0n) is 17.6. The maximum absolute atomic E-state index is 12.2. The summed E-state index contributed by atoms with van der Waals surface area (Å²) in [6.45, 7) is -0.157. The maximum Gasteiger partial charge on any atom is 0.251 e. The van der Waals surface area contributed by atoms with E-state index in [0.29, 0.717) is 16.4 Å². The lowest BCUT2D eigenvalue weighted by atomic mass is 10.0. The number of carbonyl (C=O) groups excluding carboxylic acids is 2. The number of hydrogen-bond donors (Lipinski definition) is 4. The number of nitrogens with one attached hydrogen (secondary N) is 2. The lowest BCUT2D eigenvalue weighted by Gasteiger charge is -2.06. The van der Waals surface area contributed by atoms with E-state index in [-0.39, 0.29) is 25.0 Å². The summed E-state index contributed by atoms with van der Waals surface area (Å²) in [7, 11) is 0. The van der Waals surface area contributed by atoms with Gasteiger partial charge < -0.3 is 21.5 Å². The average molecular weight is 459 g/mol. The van der Waals surface area contributed by atoms with Crippen molar-refractivity contribution in [3.8, 4) is 22.4 Å². The molecule has 0 aliphatic rings. The predicted octanol–water partition coefficient (Wildman–Crippen LogP) is 3.92. The number of thiazole rings is 1. The van der Waals surface area contributed by atoms with E-state index in [0.717, 1.165) is 27.9 Å². The molecule has 0 fully saturated rings. The fourth-order valence-electron chi connectivity index (χ4n) is 3.19. The third-order valence-corrected chi connectivity index (χ3v) is 5.72. The minimum Gasteiger partial charge on any atom is -0.399 e. The van der Waals surface area contributed by atoms with Crippen LogP contribution in [-0.4, -0.2) is 28.4 Å². The second-order valence-electron chi connectivity index (χ2n) is 7.33. The van der Waals surface area contributed by atoms with Crippen LogP contribution in [0.1, 0.15) is 15.9 Å². The van der Waals surface area contributed by atoms with Gasteiger partial charge in [-0.05, 0) is 47.0 Å². The van der Waals surface area contributed by atoms with Crippen LogP contribution in [0.4, 0.5) is 10.8 Å². The predicted molar refractivity (Wildman–Crippen MR) is 131 cm³/mol. The molecule has 0 radical (unpaired) electrons. The smallest absolute Gasteiger partial charge is 0.251 e. The van der Waals surface area contributed by atoms with Crippen LogP contribution in [-0.2, 0) is 11.4 Å². The Morgan fingerprint density at radius 3 is 2.39 bits per heavy atom. The molecule has 33 heavy (non-hydrogen) atoms. The molecule has 0 saturated heterocycles. The maximum atomic E-state index is 12.2. The highest BCUT2D eigenvalue weighted by Crippen LogP contribution is 2.29. The Balaban J connectivity index is 1.38. The molecule has 8 heteroatoms. The molecule has 0 bridgehead atoms. The molecule has 0 aliphatic carbocycles. The Morgan fingerprint density at radius 1 is 0.939 bits per heavy atom. The summed E-state index contributed by atoms with van der Waals surface area (Å²) in [5.41, 5.74) is 11.2. The van der Waals surface area contributed by atoms with Crippen LogP contribution < -0.4 is 16.4 Å². The summed E-state index contributed by atoms with van der Waals surface area (Å²) >= 11 is 1.31. The third-order valence-electron chi connectivity index (χ3n) is 4.96. The number of carbonyl (C=O) groups is 2. The van der Waals surface area contributed by atoms with Gasteiger partial charge in [0.15, 0.2) is 5.13 Å². The summed E-state index contributed by atoms with van der Waals surface area (Å²) in [5.74, 6) is -0.716. The van der Waals surface area contributed by atoms with E-state index in [4.69, 9.17) is 5.73 Å². The first-order valence-corrected chi connectivity index (χ1v) is 11.1. The van der Waals surface area contributed by atoms with Gasteiger partial charge >= 0.3 is 0 Å². The van der Waals surface area contributed by atoms with E-state index in [2.05, 4.69) is 15.6 Å². The number of aliphatic hydroxyl groups excluding tert-OH is 1. The van der Waals surface area contributed by atoms with Crippen LogP contribution in [0.5, 0.6) is 0 Å². The van der Waals surface area contributed by atoms with E-state index in [9.17, 15) is 14.7 Å². The zero-order chi connectivity index (χ0) is 23.2. The van der Waals surface area contributed by atoms with E-state index in [1.165, 1.54) is 11.3 Å². The molecule has 5 N–H and O–H groups in total. The van der Waals surface area contributed by atoms with Crippen LogP contribution in [0.2, 0.25) is 0 Å². The summed E-state index contributed by atoms with van der Waals surface area (Å²) < 4.78 is 0. The van der Waals surface area contributed by atoms with Gasteiger partial charge in [0, 0.05) is 22.2 Å². The summed E-state index contributed by atoms with van der Waals surface area (Å²) in [6.07, 6.45) is 0. The number of amides is 2. The monoisotopic (exact) mass is 458 g/mol. The van der Waals surface area contributed by atoms with Gasteiger partial charge in [0.2, 0.25) is 5.91 Å². The van der Waals surface area contributed by atoms with Crippen molar-refractivity contribution in [1.29, 1.82) is 0 Å². The average Bonchev–Trinajstić information content (AvgIpc) is 3.31. The van der Waals surface area contributed by atoms with Crippen molar-refractivity contribution in [2.75, 3.05) is 17.6 Å². The zero-order valence-corrected chi connectivity index (χ0v) is 18.4. The van der Waals surface area contributed by atoms with Crippen LogP contribution in [0.3, 0.4) is 0 Å². The number of hydrogen-bond acceptors (Lipinski definition) is 6. The Morgan fingerprint density at radius 2 is 1.67 bits per heavy atom. The molecule has 166 valence electrons. The second-order valence-corrected chi connectivity index (χ2v) is 8.18. The fourth-order valence-corrected chi connectivity index (χ4v) is 3.92. The Hall–Kier alpha value is -4.01. The van der Waals surface area contributed by atoms with E-state index in [1.807, 2.05) is 53.9 Å². The molecule has 3 aromatic carbocycles. The standard InChI is InChI=1S/C25H22N4O3S/c26-21-10-8-18(9-11-21)24(32)27-13-23(31)29-25-28-22(15-33-25)20-3-1-2-19(12-20)17-6-4-16(14-30)5-7-17/h1-12,15,30H,13-14,26H2,(H,27,32)(H,28,29,31). The first-order valence-electron chi connectivity index (χ1n) is 10.2. The summed E-state index contributed by atoms with van der Waals surface area (Å²) in [6, 6.07) is 22.1. The first-order chi connectivity index (χ1) is 16.0. The van der Waals surface area contributed by atoms with Gasteiger partial charge in [-0.15, -0.1) is 11.3 Å². The molecular formula is C25H22N4O3S. The van der Waals surface area contributed by atoms with Gasteiger partial charge in [-0.1, -0.05) is 42.5 Å². The van der Waals surface area contributed by atoms with Crippen molar-refractivity contribution in [2.45, 2.75) is 6.61 Å². The van der Waals surface area contributed by atoms with Crippen molar-refractivity contribution in [1.82, 2.24) is 10.3 Å². The molecule has 1 heterocycles. The molecule has 4 aromatic rings. The van der Waals surface area contributed by atoms with Gasteiger partial charge in [0.25, 0.3) is 5.91 Å². The number of nitrogen functional groups attached to an aromatic ring is 1. The van der Waals surface area contributed by atoms with Gasteiger partial charge in [-0.2, -0.15) is 0 Å². The van der Waals surface area contributed by atoms with Crippen molar-refractivity contribution >= 4 is 34.0 Å². The van der Waals surface area contributed by atoms with Gasteiger partial charge in [0.05, 0.1) is 18.8 Å². The minimum atomic E-state index is -0.364. The molecule has 2 amide bonds. The molecule has 0 spiro atoms. The number of nitrogens with two attached hydrogens (primary N) is 1. The number of benzene rings is 3. The SMILES string of the molecule is Nc1ccc(C(=O)NCC(=O)Nc2nc(-c3cccc(-c4ccc(CO)cc4)c3)cs2)cc1. The summed E-state index contributed by atoms with van der Waals surface area (Å²) in [4.78, 5) is 28.9. The molecule has 1 aromatic heterocycles. The normalized spacial score (nSPS) is 10.6. The van der Waals surface area contributed by atoms with Crippen LogP contribution in [0.15, 0.2) is 78.2 Å². The van der Waals surface area contributed by atoms with Gasteiger partial charge in [-0.3, -0.25) is 9.59 Å². The molecule has 7 nitrogen and oxygen atoms in total. The van der Waals surface area contributed by atoms with Gasteiger partial charge in [0.1, 0.15) is 0 Å². The number of anilines is 2. The quantitative estimate of drug-likeness (QED) is 0.313. The second kappa shape index (κ2) is 10.1. The Bertz CT molecular complexity index is 1270. The molecule has 0 atom stereocenters. The largest absolute Gasteiger partial charge is 0.399 e. The highest BCUT2D eigenvalue weighted by Gasteiger charge is 2.11. The van der Waals surface area contributed by atoms with Crippen LogP contribution in [0.25, 0.3) is 22.4 Å². The number of nitrogens with zero attached hydrogens (tertiary/aromatic N) is 1. The molecule has 0 saturated carbocycles. The lowest BCUT2D eigenvalue weighted by Crippen LogP contribution is -2.32. The highest BCUT2D eigenvalue weighted by molar-refractivity contribution is 7.14. The van der Waals surface area contributed by atoms with Crippen molar-refractivity contribution < 1.29 is 14.7 Å². The highest BCUT2D eigenvalue weighted by atomic mass is 32.1. The summed E-state index contributed by atoms with van der Waals surface area (Å²) in [5, 5.41) is 16.8. The Labute approximate surface area is 194 Å². The van der Waals surface area contributed by atoms with Crippen molar-refractivity contribution in [3.63, 3.8) is 0 Å². The molecule has 4 rings (SSSR count). The molecular weight excluding hydrogens is 436 g/mol. The van der Waals surface area contributed by atoms with Gasteiger partial charge in [-0.25, -0.2) is 4.98 Å². The van der Waals surface area contributed by atoms with Crippen molar-refractivity contribution in [2.24, 2.45) is 0 Å². The number of aliphatic hydroxyl groups is 1. The lowest BCUT2D eigenvalue weighted by molar-refractivity contribution is -0.115. The topological polar surface area (TPSA) is 117 Å². The van der Waals surface area contributed by atoms with E-state index >= 15 is 0 Å². The van der Waals surface area contributed by atoms with Crippen LogP contribution >= 0.6 is 11.3 Å². The molecule has 0 aliphatic heterocycles. The minimum absolute atomic E-state index is 0.0126. The van der Waals surface area contributed by atoms with Crippen LogP contribution in [0, 0.1) is 0 Å². The molecule has 0 unspecified atom stereocenters.